The number of nitrogens with one attached hydrogen (secondary N) is 1. The van der Waals surface area contributed by atoms with E-state index in [0.717, 1.165) is 32.1 Å². The molecule has 1 atom stereocenters. The van der Waals surface area contributed by atoms with E-state index in [1.807, 2.05) is 12.4 Å². The molecule has 7 nitrogen and oxygen atoms in total. The van der Waals surface area contributed by atoms with Crippen LogP contribution >= 0.6 is 0 Å². The summed E-state index contributed by atoms with van der Waals surface area (Å²) in [5.41, 5.74) is 0.368. The lowest BCUT2D eigenvalue weighted by Crippen LogP contribution is -2.37. The molecule has 0 aliphatic heterocycles. The van der Waals surface area contributed by atoms with E-state index in [4.69, 9.17) is 0 Å². The Balaban J connectivity index is 1.42. The molecule has 1 amide bonds. The highest BCUT2D eigenvalue weighted by molar-refractivity contribution is 5.79. The van der Waals surface area contributed by atoms with Crippen molar-refractivity contribution in [2.75, 3.05) is 6.54 Å². The average Bonchev–Trinajstić information content (AvgIpc) is 3.22. The molecule has 7 heteroatoms. The highest BCUT2D eigenvalue weighted by Gasteiger charge is 2.39. The molecule has 2 saturated carbocycles. The Morgan fingerprint density at radius 2 is 2.08 bits per heavy atom. The molecule has 2 aromatic rings. The second kappa shape index (κ2) is 5.97. The van der Waals surface area contributed by atoms with Crippen LogP contribution in [0.3, 0.4) is 0 Å². The van der Waals surface area contributed by atoms with Crippen LogP contribution in [-0.4, -0.2) is 31.6 Å². The molecule has 0 spiro atoms. The quantitative estimate of drug-likeness (QED) is 0.896. The van der Waals surface area contributed by atoms with Gasteiger partial charge in [-0.25, -0.2) is 0 Å². The number of fused-ring (bicyclic) bond motifs is 1. The van der Waals surface area contributed by atoms with Crippen LogP contribution in [0, 0.1) is 11.3 Å². The van der Waals surface area contributed by atoms with Crippen LogP contribution in [-0.2, 0) is 11.2 Å². The molecule has 2 aromatic heterocycles. The van der Waals surface area contributed by atoms with Crippen molar-refractivity contribution in [3.05, 3.63) is 28.6 Å². The highest BCUT2D eigenvalue weighted by atomic mass is 16.2. The first kappa shape index (κ1) is 16.3. The SMILES string of the molecule is CC1(C)CCCC1C(=O)NCCc1nnc2c(=O)n(C3CC3)ccn12. The van der Waals surface area contributed by atoms with Crippen LogP contribution in [0.15, 0.2) is 17.2 Å². The average molecular weight is 343 g/mol. The van der Waals surface area contributed by atoms with Crippen molar-refractivity contribution in [1.82, 2.24) is 24.5 Å². The van der Waals surface area contributed by atoms with Crippen molar-refractivity contribution in [3.63, 3.8) is 0 Å². The molecule has 2 aliphatic rings. The predicted molar refractivity (Wildman–Crippen MR) is 93.4 cm³/mol. The molecule has 0 radical (unpaired) electrons. The summed E-state index contributed by atoms with van der Waals surface area (Å²) in [4.78, 5) is 24.8. The van der Waals surface area contributed by atoms with Crippen molar-refractivity contribution in [2.24, 2.45) is 11.3 Å². The Kier molecular flexibility index (Phi) is 3.89. The normalized spacial score (nSPS) is 22.4. The number of carbonyl (C=O) groups excluding carboxylic acids is 1. The lowest BCUT2D eigenvalue weighted by atomic mass is 9.81. The van der Waals surface area contributed by atoms with Crippen LogP contribution in [0.25, 0.3) is 5.65 Å². The summed E-state index contributed by atoms with van der Waals surface area (Å²) in [5.74, 6) is 0.932. The van der Waals surface area contributed by atoms with E-state index in [9.17, 15) is 9.59 Å². The first-order valence-electron chi connectivity index (χ1n) is 9.20. The minimum atomic E-state index is -0.0829. The number of carbonyl (C=O) groups is 1. The summed E-state index contributed by atoms with van der Waals surface area (Å²) in [6, 6.07) is 0.326. The molecule has 0 bridgehead atoms. The zero-order valence-electron chi connectivity index (χ0n) is 14.9. The van der Waals surface area contributed by atoms with E-state index >= 15 is 0 Å². The first-order chi connectivity index (χ1) is 12.0. The van der Waals surface area contributed by atoms with Crippen molar-refractivity contribution < 1.29 is 4.79 Å². The highest BCUT2D eigenvalue weighted by Crippen LogP contribution is 2.42. The fourth-order valence-electron chi connectivity index (χ4n) is 3.99. The maximum absolute atomic E-state index is 12.4. The van der Waals surface area contributed by atoms with Crippen LogP contribution < -0.4 is 10.9 Å². The first-order valence-corrected chi connectivity index (χ1v) is 9.20. The van der Waals surface area contributed by atoms with Crippen LogP contribution in [0.5, 0.6) is 0 Å². The van der Waals surface area contributed by atoms with Gasteiger partial charge in [-0.1, -0.05) is 20.3 Å². The Labute approximate surface area is 146 Å². The van der Waals surface area contributed by atoms with Gasteiger partial charge in [0.05, 0.1) is 0 Å². The maximum atomic E-state index is 12.4. The van der Waals surface area contributed by atoms with Crippen LogP contribution in [0.4, 0.5) is 0 Å². The summed E-state index contributed by atoms with van der Waals surface area (Å²) in [6.07, 6.45) is 9.54. The van der Waals surface area contributed by atoms with Crippen molar-refractivity contribution in [1.29, 1.82) is 0 Å². The summed E-state index contributed by atoms with van der Waals surface area (Å²) in [6.45, 7) is 4.85. The third kappa shape index (κ3) is 2.96. The summed E-state index contributed by atoms with van der Waals surface area (Å²) in [7, 11) is 0. The molecule has 1 unspecified atom stereocenters. The molecule has 134 valence electrons. The fourth-order valence-corrected chi connectivity index (χ4v) is 3.99. The molecule has 2 fully saturated rings. The van der Waals surface area contributed by atoms with Gasteiger partial charge in [-0.2, -0.15) is 0 Å². The van der Waals surface area contributed by atoms with Gasteiger partial charge in [0.25, 0.3) is 5.56 Å². The number of nitrogens with zero attached hydrogens (tertiary/aromatic N) is 4. The fraction of sp³-hybridized carbons (Fsp3) is 0.667. The number of rotatable bonds is 5. The van der Waals surface area contributed by atoms with Gasteiger partial charge in [0, 0.05) is 37.3 Å². The monoisotopic (exact) mass is 343 g/mol. The number of amides is 1. The molecule has 1 N–H and O–H groups in total. The maximum Gasteiger partial charge on any atom is 0.296 e. The second-order valence-corrected chi connectivity index (χ2v) is 8.03. The van der Waals surface area contributed by atoms with E-state index in [1.54, 1.807) is 8.97 Å². The van der Waals surface area contributed by atoms with Gasteiger partial charge in [0.1, 0.15) is 5.82 Å². The lowest BCUT2D eigenvalue weighted by molar-refractivity contribution is -0.127. The van der Waals surface area contributed by atoms with Crippen molar-refractivity contribution in [2.45, 2.75) is 58.4 Å². The third-order valence-corrected chi connectivity index (χ3v) is 5.73. The summed E-state index contributed by atoms with van der Waals surface area (Å²) in [5, 5.41) is 11.2. The molecule has 25 heavy (non-hydrogen) atoms. The Hall–Kier alpha value is -2.18. The predicted octanol–water partition coefficient (Wildman–Crippen LogP) is 1.71. The molecule has 2 heterocycles. The summed E-state index contributed by atoms with van der Waals surface area (Å²) >= 11 is 0. The Morgan fingerprint density at radius 1 is 1.28 bits per heavy atom. The largest absolute Gasteiger partial charge is 0.355 e. The topological polar surface area (TPSA) is 81.3 Å². The summed E-state index contributed by atoms with van der Waals surface area (Å²) < 4.78 is 3.49. The van der Waals surface area contributed by atoms with E-state index in [-0.39, 0.29) is 22.8 Å². The molecule has 0 aromatic carbocycles. The minimum Gasteiger partial charge on any atom is -0.355 e. The zero-order chi connectivity index (χ0) is 17.6. The number of hydrogen-bond acceptors (Lipinski definition) is 4. The van der Waals surface area contributed by atoms with Crippen molar-refractivity contribution >= 4 is 11.6 Å². The Morgan fingerprint density at radius 3 is 2.76 bits per heavy atom. The molecular formula is C18H25N5O2. The molecular weight excluding hydrogens is 318 g/mol. The van der Waals surface area contributed by atoms with E-state index in [2.05, 4.69) is 29.4 Å². The number of aromatic nitrogens is 4. The molecule has 0 saturated heterocycles. The van der Waals surface area contributed by atoms with E-state index in [1.165, 1.54) is 0 Å². The van der Waals surface area contributed by atoms with E-state index < -0.39 is 0 Å². The third-order valence-electron chi connectivity index (χ3n) is 5.73. The van der Waals surface area contributed by atoms with Crippen molar-refractivity contribution in [3.8, 4) is 0 Å². The van der Waals surface area contributed by atoms with Gasteiger partial charge in [-0.3, -0.25) is 14.0 Å². The van der Waals surface area contributed by atoms with Crippen LogP contribution in [0.1, 0.15) is 57.8 Å². The Bertz CT molecular complexity index is 862. The van der Waals surface area contributed by atoms with Gasteiger partial charge < -0.3 is 9.88 Å². The van der Waals surface area contributed by atoms with Gasteiger partial charge in [0.2, 0.25) is 11.6 Å². The van der Waals surface area contributed by atoms with Gasteiger partial charge >= 0.3 is 0 Å². The minimum absolute atomic E-state index is 0.0829. The second-order valence-electron chi connectivity index (χ2n) is 8.03. The molecule has 4 rings (SSSR count). The number of hydrogen-bond donors (Lipinski definition) is 1. The smallest absolute Gasteiger partial charge is 0.296 e. The van der Waals surface area contributed by atoms with E-state index in [0.29, 0.717) is 30.5 Å². The van der Waals surface area contributed by atoms with Gasteiger partial charge in [-0.05, 0) is 31.1 Å². The zero-order valence-corrected chi connectivity index (χ0v) is 14.9. The lowest BCUT2D eigenvalue weighted by Gasteiger charge is -2.25. The molecule has 2 aliphatic carbocycles. The van der Waals surface area contributed by atoms with Gasteiger partial charge in [-0.15, -0.1) is 10.2 Å². The van der Waals surface area contributed by atoms with Gasteiger partial charge in [0.15, 0.2) is 0 Å². The standard InChI is InChI=1S/C18H25N5O2/c1-18(2)8-3-4-13(18)16(24)19-9-7-14-20-21-15-17(25)22(12-5-6-12)10-11-23(14)15/h10-13H,3-9H2,1-2H3,(H,19,24). The van der Waals surface area contributed by atoms with Crippen LogP contribution in [0.2, 0.25) is 0 Å².